The first-order valence-electron chi connectivity index (χ1n) is 11.6. The molecule has 3 fully saturated rings. The number of hydrogen-bond donors (Lipinski definition) is 4. The van der Waals surface area contributed by atoms with Crippen LogP contribution in [0.4, 0.5) is 0 Å². The van der Waals surface area contributed by atoms with Crippen LogP contribution in [0.3, 0.4) is 0 Å². The topological polar surface area (TPSA) is 182 Å². The van der Waals surface area contributed by atoms with Crippen molar-refractivity contribution < 1.29 is 33.9 Å². The summed E-state index contributed by atoms with van der Waals surface area (Å²) < 4.78 is 0. The van der Waals surface area contributed by atoms with Crippen molar-refractivity contribution in [2.45, 2.75) is 56.7 Å². The van der Waals surface area contributed by atoms with Gasteiger partial charge in [0.1, 0.15) is 18.1 Å². The van der Waals surface area contributed by atoms with E-state index in [-0.39, 0.29) is 25.5 Å². The van der Waals surface area contributed by atoms with Gasteiger partial charge in [0.2, 0.25) is 29.5 Å². The van der Waals surface area contributed by atoms with Gasteiger partial charge < -0.3 is 36.2 Å². The predicted octanol–water partition coefficient (Wildman–Crippen LogP) is -2.76. The van der Waals surface area contributed by atoms with Gasteiger partial charge >= 0.3 is 5.97 Å². The van der Waals surface area contributed by atoms with Crippen LogP contribution < -0.4 is 16.4 Å². The van der Waals surface area contributed by atoms with Crippen molar-refractivity contribution in [1.82, 2.24) is 25.3 Å². The van der Waals surface area contributed by atoms with E-state index in [1.165, 1.54) is 14.7 Å². The van der Waals surface area contributed by atoms with E-state index in [4.69, 9.17) is 5.73 Å². The molecule has 13 nitrogen and oxygen atoms in total. The SMILES string of the molecule is NCC(=O)N1CCC[C@H]1C(=O)NCC(=O)N1CCC[C@H]1C(=O)NCC(=O)N1CCC[C@H]1C(=O)O. The maximum absolute atomic E-state index is 12.7. The van der Waals surface area contributed by atoms with Gasteiger partial charge in [0.15, 0.2) is 0 Å². The second-order valence-corrected chi connectivity index (χ2v) is 8.71. The minimum atomic E-state index is -1.07. The van der Waals surface area contributed by atoms with E-state index < -0.39 is 47.7 Å². The number of carboxylic acid groups (broad SMARTS) is 1. The third-order valence-corrected chi connectivity index (χ3v) is 6.61. The minimum absolute atomic E-state index is 0.190. The fourth-order valence-corrected chi connectivity index (χ4v) is 4.88. The van der Waals surface area contributed by atoms with Gasteiger partial charge in [-0.2, -0.15) is 0 Å². The smallest absolute Gasteiger partial charge is 0.326 e. The standard InChI is InChI=1S/C21H32N6O7/c22-10-16(28)25-7-1-4-13(25)19(31)23-11-17(29)26-8-2-5-14(26)20(32)24-12-18(30)27-9-3-6-15(27)21(33)34/h13-15H,1-12,22H2,(H,23,31)(H,24,32)(H,33,34)/t13-,14-,15-/m0/s1. The zero-order valence-corrected chi connectivity index (χ0v) is 19.0. The van der Waals surface area contributed by atoms with Crippen LogP contribution in [0.15, 0.2) is 0 Å². The summed E-state index contributed by atoms with van der Waals surface area (Å²) in [4.78, 5) is 77.4. The first-order valence-corrected chi connectivity index (χ1v) is 11.6. The first kappa shape index (κ1) is 25.4. The molecule has 0 spiro atoms. The highest BCUT2D eigenvalue weighted by molar-refractivity contribution is 5.94. The number of carbonyl (C=O) groups is 6. The minimum Gasteiger partial charge on any atom is -0.480 e. The monoisotopic (exact) mass is 480 g/mol. The molecule has 5 amide bonds. The maximum atomic E-state index is 12.7. The number of likely N-dealkylation sites (tertiary alicyclic amines) is 3. The van der Waals surface area contributed by atoms with Crippen LogP contribution >= 0.6 is 0 Å². The van der Waals surface area contributed by atoms with Gasteiger partial charge in [0.05, 0.1) is 19.6 Å². The zero-order valence-electron chi connectivity index (χ0n) is 19.0. The van der Waals surface area contributed by atoms with Crippen LogP contribution in [-0.4, -0.2) is 113 Å². The second kappa shape index (κ2) is 11.3. The third kappa shape index (κ3) is 5.64. The number of rotatable bonds is 8. The number of carboxylic acids is 1. The van der Waals surface area contributed by atoms with Crippen LogP contribution in [0.25, 0.3) is 0 Å². The Morgan fingerprint density at radius 3 is 1.47 bits per heavy atom. The van der Waals surface area contributed by atoms with Gasteiger partial charge in [-0.1, -0.05) is 0 Å². The van der Waals surface area contributed by atoms with Gasteiger partial charge in [-0.3, -0.25) is 24.0 Å². The maximum Gasteiger partial charge on any atom is 0.326 e. The summed E-state index contributed by atoms with van der Waals surface area (Å²) in [6.45, 7) is 0.273. The summed E-state index contributed by atoms with van der Waals surface area (Å²) in [5.74, 6) is -3.23. The zero-order chi connectivity index (χ0) is 24.8. The third-order valence-electron chi connectivity index (χ3n) is 6.61. The first-order chi connectivity index (χ1) is 16.2. The summed E-state index contributed by atoms with van der Waals surface area (Å²) in [7, 11) is 0. The number of aliphatic carboxylic acids is 1. The van der Waals surface area contributed by atoms with Crippen molar-refractivity contribution in [1.29, 1.82) is 0 Å². The van der Waals surface area contributed by atoms with Gasteiger partial charge in [-0.15, -0.1) is 0 Å². The Kier molecular flexibility index (Phi) is 8.42. The average molecular weight is 481 g/mol. The van der Waals surface area contributed by atoms with Gasteiger partial charge in [0, 0.05) is 19.6 Å². The van der Waals surface area contributed by atoms with Gasteiger partial charge in [0.25, 0.3) is 0 Å². The molecule has 34 heavy (non-hydrogen) atoms. The number of nitrogens with one attached hydrogen (secondary N) is 2. The Morgan fingerprint density at radius 2 is 1.06 bits per heavy atom. The molecule has 5 N–H and O–H groups in total. The summed E-state index contributed by atoms with van der Waals surface area (Å²) in [6, 6.07) is -2.31. The summed E-state index contributed by atoms with van der Waals surface area (Å²) in [5.41, 5.74) is 5.39. The van der Waals surface area contributed by atoms with Crippen molar-refractivity contribution in [3.8, 4) is 0 Å². The predicted molar refractivity (Wildman–Crippen MR) is 117 cm³/mol. The van der Waals surface area contributed by atoms with Crippen molar-refractivity contribution in [3.63, 3.8) is 0 Å². The Bertz CT molecular complexity index is 849. The molecule has 0 aromatic heterocycles. The lowest BCUT2D eigenvalue weighted by Gasteiger charge is -2.26. The molecule has 0 aromatic carbocycles. The Balaban J connectivity index is 1.48. The molecule has 0 aliphatic carbocycles. The molecule has 0 saturated carbocycles. The van der Waals surface area contributed by atoms with Crippen molar-refractivity contribution >= 4 is 35.5 Å². The molecule has 3 heterocycles. The molecular formula is C21H32N6O7. The van der Waals surface area contributed by atoms with E-state index in [0.29, 0.717) is 58.2 Å². The summed E-state index contributed by atoms with van der Waals surface area (Å²) in [5, 5.41) is 14.3. The molecule has 0 bridgehead atoms. The Morgan fingerprint density at radius 1 is 0.676 bits per heavy atom. The highest BCUT2D eigenvalue weighted by Crippen LogP contribution is 2.20. The second-order valence-electron chi connectivity index (χ2n) is 8.71. The number of hydrogen-bond acceptors (Lipinski definition) is 7. The van der Waals surface area contributed by atoms with Gasteiger partial charge in [-0.05, 0) is 38.5 Å². The van der Waals surface area contributed by atoms with Crippen LogP contribution in [0.1, 0.15) is 38.5 Å². The van der Waals surface area contributed by atoms with Crippen LogP contribution in [-0.2, 0) is 28.8 Å². The molecule has 3 rings (SSSR count). The molecular weight excluding hydrogens is 448 g/mol. The van der Waals surface area contributed by atoms with E-state index in [1.54, 1.807) is 0 Å². The molecule has 3 saturated heterocycles. The fraction of sp³-hybridized carbons (Fsp3) is 0.714. The van der Waals surface area contributed by atoms with E-state index >= 15 is 0 Å². The molecule has 188 valence electrons. The number of nitrogens with two attached hydrogens (primary N) is 1. The van der Waals surface area contributed by atoms with Crippen molar-refractivity contribution in [3.05, 3.63) is 0 Å². The van der Waals surface area contributed by atoms with Crippen molar-refractivity contribution in [2.75, 3.05) is 39.3 Å². The molecule has 0 radical (unpaired) electrons. The average Bonchev–Trinajstić information content (AvgIpc) is 3.59. The molecule has 0 aromatic rings. The number of carbonyl (C=O) groups excluding carboxylic acids is 5. The number of amides is 5. The molecule has 3 aliphatic heterocycles. The molecule has 3 aliphatic rings. The highest BCUT2D eigenvalue weighted by Gasteiger charge is 2.37. The lowest BCUT2D eigenvalue weighted by molar-refractivity contribution is -0.148. The lowest BCUT2D eigenvalue weighted by Crippen LogP contribution is -2.53. The summed E-state index contributed by atoms with van der Waals surface area (Å²) in [6.07, 6.45) is 3.16. The van der Waals surface area contributed by atoms with Gasteiger partial charge in [-0.25, -0.2) is 4.79 Å². The molecule has 13 heteroatoms. The highest BCUT2D eigenvalue weighted by atomic mass is 16.4. The molecule has 3 atom stereocenters. The lowest BCUT2D eigenvalue weighted by atomic mass is 10.2. The van der Waals surface area contributed by atoms with Crippen LogP contribution in [0.2, 0.25) is 0 Å². The normalized spacial score (nSPS) is 24.3. The largest absolute Gasteiger partial charge is 0.480 e. The van der Waals surface area contributed by atoms with Crippen molar-refractivity contribution in [2.24, 2.45) is 5.73 Å². The van der Waals surface area contributed by atoms with E-state index in [2.05, 4.69) is 10.6 Å². The Hall–Kier alpha value is -3.22. The Labute approximate surface area is 197 Å². The van der Waals surface area contributed by atoms with Crippen LogP contribution in [0, 0.1) is 0 Å². The van der Waals surface area contributed by atoms with E-state index in [0.717, 1.165) is 0 Å². The van der Waals surface area contributed by atoms with Crippen LogP contribution in [0.5, 0.6) is 0 Å². The fourth-order valence-electron chi connectivity index (χ4n) is 4.88. The van der Waals surface area contributed by atoms with E-state index in [1.807, 2.05) is 0 Å². The molecule has 0 unspecified atom stereocenters. The summed E-state index contributed by atoms with van der Waals surface area (Å²) >= 11 is 0. The van der Waals surface area contributed by atoms with E-state index in [9.17, 15) is 33.9 Å². The quantitative estimate of drug-likeness (QED) is 0.288. The number of nitrogens with zero attached hydrogens (tertiary/aromatic N) is 3.